The minimum Gasteiger partial charge on any atom is -0.469 e. The molecule has 76 valence electrons. The largest absolute Gasteiger partial charge is 0.469 e. The zero-order valence-electron chi connectivity index (χ0n) is 8.19. The van der Waals surface area contributed by atoms with E-state index in [1.54, 1.807) is 6.20 Å². The van der Waals surface area contributed by atoms with Gasteiger partial charge in [0.25, 0.3) is 0 Å². The Morgan fingerprint density at radius 2 is 2.43 bits per heavy atom. The van der Waals surface area contributed by atoms with Gasteiger partial charge >= 0.3 is 5.97 Å². The lowest BCUT2D eigenvalue weighted by Crippen LogP contribution is -2.18. The van der Waals surface area contributed by atoms with Gasteiger partial charge in [-0.25, -0.2) is 0 Å². The molecule has 4 heteroatoms. The lowest BCUT2D eigenvalue weighted by Gasteiger charge is -2.02. The number of esters is 1. The predicted molar refractivity (Wildman–Crippen MR) is 52.6 cm³/mol. The van der Waals surface area contributed by atoms with Crippen LogP contribution < -0.4 is 5.32 Å². The van der Waals surface area contributed by atoms with Crippen molar-refractivity contribution in [2.75, 3.05) is 13.7 Å². The van der Waals surface area contributed by atoms with Crippen molar-refractivity contribution in [1.29, 1.82) is 0 Å². The highest BCUT2D eigenvalue weighted by atomic mass is 16.5. The van der Waals surface area contributed by atoms with E-state index in [0.717, 1.165) is 5.69 Å². The second kappa shape index (κ2) is 6.10. The summed E-state index contributed by atoms with van der Waals surface area (Å²) < 4.78 is 4.51. The highest BCUT2D eigenvalue weighted by Gasteiger charge is 1.98. The Morgan fingerprint density at radius 3 is 3.07 bits per heavy atom. The Labute approximate surface area is 83.3 Å². The molecule has 1 aromatic heterocycles. The fraction of sp³-hybridized carbons (Fsp3) is 0.400. The van der Waals surface area contributed by atoms with Crippen LogP contribution in [0.3, 0.4) is 0 Å². The van der Waals surface area contributed by atoms with Crippen LogP contribution in [0.1, 0.15) is 12.1 Å². The van der Waals surface area contributed by atoms with Crippen molar-refractivity contribution < 1.29 is 9.53 Å². The monoisotopic (exact) mass is 194 g/mol. The van der Waals surface area contributed by atoms with Crippen molar-refractivity contribution in [2.45, 2.75) is 13.0 Å². The number of hydrogen-bond donors (Lipinski definition) is 1. The molecule has 4 nitrogen and oxygen atoms in total. The number of pyridine rings is 1. The van der Waals surface area contributed by atoms with Crippen molar-refractivity contribution in [2.24, 2.45) is 0 Å². The van der Waals surface area contributed by atoms with Gasteiger partial charge in [-0.2, -0.15) is 0 Å². The number of rotatable bonds is 5. The van der Waals surface area contributed by atoms with E-state index in [1.807, 2.05) is 18.2 Å². The lowest BCUT2D eigenvalue weighted by atomic mass is 10.3. The van der Waals surface area contributed by atoms with Crippen LogP contribution in [0.5, 0.6) is 0 Å². The van der Waals surface area contributed by atoms with Crippen molar-refractivity contribution in [3.63, 3.8) is 0 Å². The van der Waals surface area contributed by atoms with Gasteiger partial charge in [0, 0.05) is 19.3 Å². The number of nitrogens with zero attached hydrogens (tertiary/aromatic N) is 1. The second-order valence-corrected chi connectivity index (χ2v) is 2.82. The molecule has 0 saturated carbocycles. The molecule has 1 N–H and O–H groups in total. The maximum Gasteiger partial charge on any atom is 0.306 e. The molecule has 0 fully saturated rings. The molecule has 0 aliphatic rings. The number of aromatic nitrogens is 1. The summed E-state index contributed by atoms with van der Waals surface area (Å²) in [5.74, 6) is -0.196. The summed E-state index contributed by atoms with van der Waals surface area (Å²) in [7, 11) is 1.39. The molecule has 0 amide bonds. The van der Waals surface area contributed by atoms with Crippen LogP contribution >= 0.6 is 0 Å². The zero-order valence-corrected chi connectivity index (χ0v) is 8.19. The molecular weight excluding hydrogens is 180 g/mol. The third kappa shape index (κ3) is 4.00. The average molecular weight is 194 g/mol. The van der Waals surface area contributed by atoms with E-state index in [4.69, 9.17) is 0 Å². The summed E-state index contributed by atoms with van der Waals surface area (Å²) in [5.41, 5.74) is 0.970. The van der Waals surface area contributed by atoms with Crippen LogP contribution in [-0.2, 0) is 16.1 Å². The molecule has 0 aliphatic heterocycles. The van der Waals surface area contributed by atoms with E-state index in [9.17, 15) is 4.79 Å². The van der Waals surface area contributed by atoms with Gasteiger partial charge in [-0.3, -0.25) is 9.78 Å². The second-order valence-electron chi connectivity index (χ2n) is 2.82. The predicted octanol–water partition coefficient (Wildman–Crippen LogP) is 0.734. The number of ether oxygens (including phenoxy) is 1. The first kappa shape index (κ1) is 10.7. The van der Waals surface area contributed by atoms with Crippen molar-refractivity contribution in [3.05, 3.63) is 30.1 Å². The fourth-order valence-electron chi connectivity index (χ4n) is 1.01. The summed E-state index contributed by atoms with van der Waals surface area (Å²) in [4.78, 5) is 14.9. The van der Waals surface area contributed by atoms with Gasteiger partial charge in [0.05, 0.1) is 19.2 Å². The Kier molecular flexibility index (Phi) is 4.64. The third-order valence-electron chi connectivity index (χ3n) is 1.77. The number of carbonyl (C=O) groups excluding carboxylic acids is 1. The molecule has 0 radical (unpaired) electrons. The number of methoxy groups -OCH3 is 1. The van der Waals surface area contributed by atoms with Crippen molar-refractivity contribution in [1.82, 2.24) is 10.3 Å². The molecule has 1 heterocycles. The maximum absolute atomic E-state index is 10.7. The summed E-state index contributed by atoms with van der Waals surface area (Å²) in [6.45, 7) is 1.29. The fourth-order valence-corrected chi connectivity index (χ4v) is 1.01. The Hall–Kier alpha value is -1.42. The van der Waals surface area contributed by atoms with E-state index in [2.05, 4.69) is 15.0 Å². The van der Waals surface area contributed by atoms with Crippen LogP contribution in [0.25, 0.3) is 0 Å². The zero-order chi connectivity index (χ0) is 10.2. The van der Waals surface area contributed by atoms with Gasteiger partial charge in [-0.05, 0) is 12.1 Å². The van der Waals surface area contributed by atoms with E-state index in [0.29, 0.717) is 19.5 Å². The number of carbonyl (C=O) groups is 1. The SMILES string of the molecule is COC(=O)CCNCc1ccccn1. The van der Waals surface area contributed by atoms with Crippen molar-refractivity contribution >= 4 is 5.97 Å². The summed E-state index contributed by atoms with van der Waals surface area (Å²) >= 11 is 0. The molecule has 0 aromatic carbocycles. The molecule has 0 aliphatic carbocycles. The molecule has 14 heavy (non-hydrogen) atoms. The normalized spacial score (nSPS) is 9.79. The lowest BCUT2D eigenvalue weighted by molar-refractivity contribution is -0.140. The minimum atomic E-state index is -0.196. The summed E-state index contributed by atoms with van der Waals surface area (Å²) in [6, 6.07) is 5.74. The summed E-state index contributed by atoms with van der Waals surface area (Å²) in [5, 5.41) is 3.10. The third-order valence-corrected chi connectivity index (χ3v) is 1.77. The number of nitrogens with one attached hydrogen (secondary N) is 1. The quantitative estimate of drug-likeness (QED) is 0.554. The van der Waals surface area contributed by atoms with Gasteiger partial charge in [-0.15, -0.1) is 0 Å². The van der Waals surface area contributed by atoms with E-state index in [-0.39, 0.29) is 5.97 Å². The van der Waals surface area contributed by atoms with Crippen LogP contribution in [0.15, 0.2) is 24.4 Å². The average Bonchev–Trinajstić information content (AvgIpc) is 2.25. The van der Waals surface area contributed by atoms with Gasteiger partial charge < -0.3 is 10.1 Å². The molecule has 1 rings (SSSR count). The number of hydrogen-bond acceptors (Lipinski definition) is 4. The van der Waals surface area contributed by atoms with Crippen LogP contribution in [0.4, 0.5) is 0 Å². The van der Waals surface area contributed by atoms with Gasteiger partial charge in [-0.1, -0.05) is 6.07 Å². The van der Waals surface area contributed by atoms with Crippen LogP contribution in [0, 0.1) is 0 Å². The van der Waals surface area contributed by atoms with E-state index in [1.165, 1.54) is 7.11 Å². The molecule has 0 atom stereocenters. The summed E-state index contributed by atoms with van der Waals surface area (Å²) in [6.07, 6.45) is 2.14. The standard InChI is InChI=1S/C10H14N2O2/c1-14-10(13)5-7-11-8-9-4-2-3-6-12-9/h2-4,6,11H,5,7-8H2,1H3. The van der Waals surface area contributed by atoms with Crippen LogP contribution in [-0.4, -0.2) is 24.6 Å². The van der Waals surface area contributed by atoms with Gasteiger partial charge in [0.1, 0.15) is 0 Å². The minimum absolute atomic E-state index is 0.196. The molecular formula is C10H14N2O2. The van der Waals surface area contributed by atoms with E-state index >= 15 is 0 Å². The maximum atomic E-state index is 10.7. The molecule has 0 bridgehead atoms. The molecule has 0 unspecified atom stereocenters. The van der Waals surface area contributed by atoms with Crippen molar-refractivity contribution in [3.8, 4) is 0 Å². The highest BCUT2D eigenvalue weighted by molar-refractivity contribution is 5.69. The first-order valence-electron chi connectivity index (χ1n) is 4.50. The smallest absolute Gasteiger partial charge is 0.306 e. The van der Waals surface area contributed by atoms with Crippen LogP contribution in [0.2, 0.25) is 0 Å². The van der Waals surface area contributed by atoms with Gasteiger partial charge in [0.15, 0.2) is 0 Å². The molecule has 0 spiro atoms. The molecule has 0 saturated heterocycles. The Morgan fingerprint density at radius 1 is 1.57 bits per heavy atom. The molecule has 1 aromatic rings. The van der Waals surface area contributed by atoms with E-state index < -0.39 is 0 Å². The topological polar surface area (TPSA) is 51.2 Å². The highest BCUT2D eigenvalue weighted by Crippen LogP contribution is 1.92. The van der Waals surface area contributed by atoms with Gasteiger partial charge in [0.2, 0.25) is 0 Å². The Bertz CT molecular complexity index is 275. The Balaban J connectivity index is 2.13. The first-order chi connectivity index (χ1) is 6.83. The first-order valence-corrected chi connectivity index (χ1v) is 4.50.